The van der Waals surface area contributed by atoms with E-state index in [4.69, 9.17) is 19.5 Å². The Hall–Kier alpha value is -4.57. The van der Waals surface area contributed by atoms with Crippen molar-refractivity contribution in [3.05, 3.63) is 75.6 Å². The molecule has 19 heteroatoms. The van der Waals surface area contributed by atoms with Gasteiger partial charge >= 0.3 is 18.2 Å². The summed E-state index contributed by atoms with van der Waals surface area (Å²) in [4.78, 5) is 46.6. The monoisotopic (exact) mass is 783 g/mol. The molecule has 0 aliphatic carbocycles. The highest BCUT2D eigenvalue weighted by atomic mass is 35.5. The Kier molecular flexibility index (Phi) is 16.2. The first kappa shape index (κ1) is 43.6. The van der Waals surface area contributed by atoms with Gasteiger partial charge in [-0.25, -0.2) is 28.3 Å². The van der Waals surface area contributed by atoms with E-state index in [9.17, 15) is 23.9 Å². The van der Waals surface area contributed by atoms with Crippen LogP contribution in [0.3, 0.4) is 0 Å². The van der Waals surface area contributed by atoms with Crippen LogP contribution in [0.2, 0.25) is 0 Å². The first-order valence-corrected chi connectivity index (χ1v) is 16.3. The fourth-order valence-electron chi connectivity index (χ4n) is 5.18. The molecule has 1 aromatic heterocycles. The molecule has 0 saturated heterocycles. The molecular formula is C33H37Cl2F2N7O7S. The van der Waals surface area contributed by atoms with Gasteiger partial charge in [0.2, 0.25) is 6.34 Å². The van der Waals surface area contributed by atoms with Crippen LogP contribution in [0, 0.1) is 23.0 Å². The standard InChI is InChI=1S/C33H36F2N7O7S.2ClH/c1-5-47-31(44)41(16-29(37-4)49-22(3)43)32(45)48-13-12-42(20-38-19-39-42)18-33(46,26-14-25(34)10-11-27(26)35)21(2)30-40-28(17-50-30)24-8-6-23(15-36)7-9-24;;/h6-11,14,17,19-21,29,37,46H,5,12-13,16,18H2,1-4H3;2*1H/q+1;;/p-1/t21-,29?,33+,42?;;/m0../s1. The fraction of sp³-hybridized carbons (Fsp3) is 0.364. The lowest BCUT2D eigenvalue weighted by atomic mass is 9.81. The molecule has 2 unspecified atom stereocenters. The molecule has 4 rings (SSSR count). The maximum absolute atomic E-state index is 15.5. The topological polar surface area (TPSA) is 176 Å². The van der Waals surface area contributed by atoms with Crippen molar-refractivity contribution < 1.29 is 59.5 Å². The molecule has 2 amide bonds. The number of quaternary nitrogens is 1. The zero-order chi connectivity index (χ0) is 36.5. The fourth-order valence-corrected chi connectivity index (χ4v) is 6.15. The molecule has 52 heavy (non-hydrogen) atoms. The molecule has 2 heterocycles. The molecule has 4 atom stereocenters. The summed E-state index contributed by atoms with van der Waals surface area (Å²) in [6.45, 7) is 2.93. The quantitative estimate of drug-likeness (QED) is 0.106. The summed E-state index contributed by atoms with van der Waals surface area (Å²) in [5, 5.41) is 30.8. The van der Waals surface area contributed by atoms with Crippen LogP contribution in [0.1, 0.15) is 42.8 Å². The van der Waals surface area contributed by atoms with Gasteiger partial charge in [0.25, 0.3) is 0 Å². The van der Waals surface area contributed by atoms with Gasteiger partial charge in [-0.2, -0.15) is 10.3 Å². The van der Waals surface area contributed by atoms with E-state index >= 15 is 4.39 Å². The summed E-state index contributed by atoms with van der Waals surface area (Å²) in [5.41, 5.74) is -0.752. The van der Waals surface area contributed by atoms with Crippen LogP contribution >= 0.6 is 23.7 Å². The smallest absolute Gasteiger partial charge is 0.419 e. The van der Waals surface area contributed by atoms with E-state index < -0.39 is 65.2 Å². The lowest BCUT2D eigenvalue weighted by Gasteiger charge is -2.38. The Morgan fingerprint density at radius 1 is 1.15 bits per heavy atom. The zero-order valence-corrected chi connectivity index (χ0v) is 30.9. The van der Waals surface area contributed by atoms with Gasteiger partial charge in [0.05, 0.1) is 35.5 Å². The SMILES string of the molecule is CCOC(=O)N(CC(NC)OC(C)=O)C(=O)OCC[N+]1(C[C@](O)(c2cc(F)ccc2F)[C@@H](C)c2nc(-c3ccc(C#N)cc3)cs2)C=NC=N1.Cl.[Cl-]. The molecule has 280 valence electrons. The van der Waals surface area contributed by atoms with Crippen LogP contribution in [0.25, 0.3) is 11.3 Å². The molecule has 2 N–H and O–H groups in total. The maximum Gasteiger partial charge on any atom is 0.419 e. The molecule has 1 aliphatic heterocycles. The Bertz CT molecular complexity index is 1800. The second-order valence-electron chi connectivity index (χ2n) is 11.2. The van der Waals surface area contributed by atoms with Crippen LogP contribution < -0.4 is 17.7 Å². The number of aromatic nitrogens is 1. The number of rotatable bonds is 14. The highest BCUT2D eigenvalue weighted by Crippen LogP contribution is 2.42. The first-order valence-electron chi connectivity index (χ1n) is 15.4. The van der Waals surface area contributed by atoms with Crippen molar-refractivity contribution in [1.82, 2.24) is 15.2 Å². The third kappa shape index (κ3) is 10.5. The summed E-state index contributed by atoms with van der Waals surface area (Å²) in [5.74, 6) is -3.24. The van der Waals surface area contributed by atoms with E-state index in [1.54, 1.807) is 43.5 Å². The van der Waals surface area contributed by atoms with Gasteiger partial charge in [0.1, 0.15) is 31.3 Å². The molecule has 3 aromatic rings. The van der Waals surface area contributed by atoms with Crippen molar-refractivity contribution in [2.45, 2.75) is 38.5 Å². The molecule has 0 saturated carbocycles. The minimum absolute atomic E-state index is 0. The van der Waals surface area contributed by atoms with Crippen LogP contribution in [0.4, 0.5) is 18.4 Å². The lowest BCUT2D eigenvalue weighted by Crippen LogP contribution is -3.00. The molecule has 14 nitrogen and oxygen atoms in total. The lowest BCUT2D eigenvalue weighted by molar-refractivity contribution is -0.848. The summed E-state index contributed by atoms with van der Waals surface area (Å²) in [7, 11) is 1.46. The second-order valence-corrected chi connectivity index (χ2v) is 12.1. The maximum atomic E-state index is 15.5. The number of nitrogens with zero attached hydrogens (tertiary/aromatic N) is 6. The summed E-state index contributed by atoms with van der Waals surface area (Å²) >= 11 is 1.21. The number of imide groups is 1. The van der Waals surface area contributed by atoms with E-state index in [1.165, 1.54) is 38.0 Å². The number of halogens is 4. The number of carbonyl (C=O) groups is 3. The van der Waals surface area contributed by atoms with E-state index in [1.807, 2.05) is 0 Å². The number of aliphatic imine (C=N–C) groups is 1. The van der Waals surface area contributed by atoms with Crippen molar-refractivity contribution in [2.75, 3.05) is 39.9 Å². The van der Waals surface area contributed by atoms with Gasteiger partial charge < -0.3 is 31.7 Å². The van der Waals surface area contributed by atoms with Gasteiger partial charge in [-0.1, -0.05) is 24.2 Å². The number of amides is 2. The number of benzene rings is 2. The van der Waals surface area contributed by atoms with Gasteiger partial charge in [-0.15, -0.1) is 28.3 Å². The van der Waals surface area contributed by atoms with Crippen molar-refractivity contribution in [3.8, 4) is 17.3 Å². The molecule has 1 aliphatic rings. The van der Waals surface area contributed by atoms with Gasteiger partial charge in [-0.05, 0) is 44.3 Å². The van der Waals surface area contributed by atoms with Crippen LogP contribution in [-0.2, 0) is 24.6 Å². The number of nitrogens with one attached hydrogen (secondary N) is 1. The Labute approximate surface area is 315 Å². The predicted octanol–water partition coefficient (Wildman–Crippen LogP) is 1.88. The van der Waals surface area contributed by atoms with E-state index in [0.29, 0.717) is 26.7 Å². The number of likely N-dealkylation sites (N-methyl/N-ethyl adjacent to an activating group) is 1. The molecule has 0 fully saturated rings. The van der Waals surface area contributed by atoms with Crippen molar-refractivity contribution >= 4 is 54.6 Å². The van der Waals surface area contributed by atoms with Crippen molar-refractivity contribution in [2.24, 2.45) is 10.1 Å². The molecule has 0 radical (unpaired) electrons. The number of nitriles is 1. The van der Waals surface area contributed by atoms with Crippen LogP contribution in [-0.4, -0.2) is 96.5 Å². The zero-order valence-electron chi connectivity index (χ0n) is 28.5. The number of esters is 1. The minimum atomic E-state index is -2.15. The summed E-state index contributed by atoms with van der Waals surface area (Å²) in [6.07, 6.45) is -0.648. The largest absolute Gasteiger partial charge is 1.00 e. The third-order valence-corrected chi connectivity index (χ3v) is 8.88. The highest BCUT2D eigenvalue weighted by molar-refractivity contribution is 7.10. The number of aliphatic hydroxyl groups is 1. The number of thiazole rings is 1. The molecule has 0 spiro atoms. The van der Waals surface area contributed by atoms with Crippen molar-refractivity contribution in [3.63, 3.8) is 0 Å². The first-order chi connectivity index (χ1) is 23.8. The average molecular weight is 785 g/mol. The van der Waals surface area contributed by atoms with Gasteiger partial charge in [-0.3, -0.25) is 10.1 Å². The number of hydrogen-bond acceptors (Lipinski definition) is 13. The van der Waals surface area contributed by atoms with Crippen LogP contribution in [0.15, 0.2) is 57.9 Å². The molecule has 0 bridgehead atoms. The van der Waals surface area contributed by atoms with Gasteiger partial charge in [0, 0.05) is 29.3 Å². The van der Waals surface area contributed by atoms with E-state index in [-0.39, 0.29) is 50.1 Å². The Morgan fingerprint density at radius 3 is 2.44 bits per heavy atom. The Balaban J connectivity index is 0.00000468. The van der Waals surface area contributed by atoms with E-state index in [0.717, 1.165) is 18.2 Å². The molecular weight excluding hydrogens is 747 g/mol. The third-order valence-electron chi connectivity index (χ3n) is 7.85. The normalized spacial score (nSPS) is 16.7. The van der Waals surface area contributed by atoms with Gasteiger partial charge in [0.15, 0.2) is 18.2 Å². The summed E-state index contributed by atoms with van der Waals surface area (Å²) in [6, 6.07) is 11.6. The number of ether oxygens (including phenoxy) is 3. The Morgan fingerprint density at radius 2 is 1.85 bits per heavy atom. The highest BCUT2D eigenvalue weighted by Gasteiger charge is 2.49. The summed E-state index contributed by atoms with van der Waals surface area (Å²) < 4.78 is 45.0. The van der Waals surface area contributed by atoms with Crippen LogP contribution in [0.5, 0.6) is 0 Å². The second kappa shape index (κ2) is 19.3. The average Bonchev–Trinajstić information content (AvgIpc) is 3.77. The minimum Gasteiger partial charge on any atom is -1.00 e. The van der Waals surface area contributed by atoms with E-state index in [2.05, 4.69) is 26.5 Å². The van der Waals surface area contributed by atoms with Crippen molar-refractivity contribution in [1.29, 1.82) is 5.26 Å². The molecule has 2 aromatic carbocycles. The number of carbonyl (C=O) groups excluding carboxylic acids is 3. The predicted molar refractivity (Wildman–Crippen MR) is 185 cm³/mol. The number of hydrogen-bond donors (Lipinski definition) is 2.